The van der Waals surface area contributed by atoms with Gasteiger partial charge in [0.05, 0.1) is 13.2 Å². The zero-order valence-electron chi connectivity index (χ0n) is 20.3. The van der Waals surface area contributed by atoms with E-state index in [9.17, 15) is 4.79 Å². The number of aromatic nitrogens is 2. The van der Waals surface area contributed by atoms with Crippen LogP contribution < -0.4 is 10.1 Å². The number of amides is 1. The summed E-state index contributed by atoms with van der Waals surface area (Å²) in [5.41, 5.74) is 3.37. The average Bonchev–Trinajstić information content (AvgIpc) is 3.56. The molecule has 0 saturated carbocycles. The maximum absolute atomic E-state index is 12.6. The van der Waals surface area contributed by atoms with E-state index in [1.54, 1.807) is 7.11 Å². The van der Waals surface area contributed by atoms with Gasteiger partial charge in [-0.2, -0.15) is 4.98 Å². The van der Waals surface area contributed by atoms with Crippen LogP contribution in [0.4, 0.5) is 0 Å². The number of likely N-dealkylation sites (tertiary alicyclic amines) is 1. The van der Waals surface area contributed by atoms with Gasteiger partial charge in [-0.25, -0.2) is 0 Å². The summed E-state index contributed by atoms with van der Waals surface area (Å²) < 4.78 is 10.7. The molecular formula is C27H34N4O3. The third-order valence-corrected chi connectivity index (χ3v) is 6.44. The first-order valence-corrected chi connectivity index (χ1v) is 12.1. The molecule has 3 aromatic rings. The summed E-state index contributed by atoms with van der Waals surface area (Å²) in [5, 5.41) is 7.20. The summed E-state index contributed by atoms with van der Waals surface area (Å²) in [6, 6.07) is 16.5. The maximum Gasteiger partial charge on any atom is 0.227 e. The molecule has 0 bridgehead atoms. The SMILES string of the molecule is COc1ccc(C(CNC(=O)CCc2nc(-c3ccc(C(C)C)cc3)no2)N2CCCC2)cc1. The van der Waals surface area contributed by atoms with E-state index in [4.69, 9.17) is 9.26 Å². The summed E-state index contributed by atoms with van der Waals surface area (Å²) in [4.78, 5) is 19.5. The van der Waals surface area contributed by atoms with E-state index in [0.717, 1.165) is 24.4 Å². The minimum absolute atomic E-state index is 0.0151. The molecule has 0 radical (unpaired) electrons. The Bertz CT molecular complexity index is 1050. The van der Waals surface area contributed by atoms with Crippen molar-refractivity contribution >= 4 is 5.91 Å². The van der Waals surface area contributed by atoms with Crippen LogP contribution in [0.25, 0.3) is 11.4 Å². The van der Waals surface area contributed by atoms with Crippen molar-refractivity contribution in [3.05, 3.63) is 65.5 Å². The monoisotopic (exact) mass is 462 g/mol. The highest BCUT2D eigenvalue weighted by Crippen LogP contribution is 2.26. The van der Waals surface area contributed by atoms with Crippen LogP contribution in [0.3, 0.4) is 0 Å². The van der Waals surface area contributed by atoms with Crippen molar-refractivity contribution in [3.8, 4) is 17.1 Å². The molecule has 0 aliphatic carbocycles. The molecule has 0 spiro atoms. The number of benzene rings is 2. The molecule has 1 N–H and O–H groups in total. The molecule has 34 heavy (non-hydrogen) atoms. The largest absolute Gasteiger partial charge is 0.497 e. The summed E-state index contributed by atoms with van der Waals surface area (Å²) >= 11 is 0. The van der Waals surface area contributed by atoms with Crippen LogP contribution in [0.1, 0.15) is 62.1 Å². The topological polar surface area (TPSA) is 80.5 Å². The Balaban J connectivity index is 1.31. The zero-order chi connectivity index (χ0) is 23.9. The molecule has 1 unspecified atom stereocenters. The Hall–Kier alpha value is -3.19. The molecule has 1 fully saturated rings. The third kappa shape index (κ3) is 6.03. The summed E-state index contributed by atoms with van der Waals surface area (Å²) in [6.45, 7) is 7.00. The zero-order valence-corrected chi connectivity index (χ0v) is 20.3. The van der Waals surface area contributed by atoms with Crippen LogP contribution in [-0.4, -0.2) is 47.7 Å². The van der Waals surface area contributed by atoms with E-state index in [1.165, 1.54) is 24.0 Å². The number of carbonyl (C=O) groups excluding carboxylic acids is 1. The van der Waals surface area contributed by atoms with Crippen molar-refractivity contribution < 1.29 is 14.1 Å². The minimum atomic E-state index is -0.0151. The number of carbonyl (C=O) groups is 1. The van der Waals surface area contributed by atoms with E-state index in [2.05, 4.69) is 58.5 Å². The number of nitrogens with one attached hydrogen (secondary N) is 1. The lowest BCUT2D eigenvalue weighted by Crippen LogP contribution is -2.36. The number of hydrogen-bond acceptors (Lipinski definition) is 6. The molecule has 2 heterocycles. The third-order valence-electron chi connectivity index (χ3n) is 6.44. The number of ether oxygens (including phenoxy) is 1. The van der Waals surface area contributed by atoms with Crippen molar-refractivity contribution in [2.24, 2.45) is 0 Å². The molecule has 4 rings (SSSR count). The van der Waals surface area contributed by atoms with Gasteiger partial charge in [0.15, 0.2) is 0 Å². The fourth-order valence-corrected chi connectivity index (χ4v) is 4.35. The summed E-state index contributed by atoms with van der Waals surface area (Å²) in [7, 11) is 1.67. The van der Waals surface area contributed by atoms with Gasteiger partial charge in [-0.1, -0.05) is 55.4 Å². The van der Waals surface area contributed by atoms with Gasteiger partial charge in [-0.3, -0.25) is 9.69 Å². The van der Waals surface area contributed by atoms with Gasteiger partial charge in [0.1, 0.15) is 5.75 Å². The predicted octanol–water partition coefficient (Wildman–Crippen LogP) is 4.75. The van der Waals surface area contributed by atoms with Crippen molar-refractivity contribution in [1.29, 1.82) is 0 Å². The second-order valence-corrected chi connectivity index (χ2v) is 9.12. The van der Waals surface area contributed by atoms with Crippen molar-refractivity contribution in [2.75, 3.05) is 26.7 Å². The smallest absolute Gasteiger partial charge is 0.227 e. The van der Waals surface area contributed by atoms with Gasteiger partial charge in [0.25, 0.3) is 0 Å². The number of aryl methyl sites for hydroxylation is 1. The van der Waals surface area contributed by atoms with Gasteiger partial charge in [-0.05, 0) is 55.1 Å². The lowest BCUT2D eigenvalue weighted by molar-refractivity contribution is -0.121. The Morgan fingerprint density at radius 2 is 1.74 bits per heavy atom. The van der Waals surface area contributed by atoms with Crippen molar-refractivity contribution in [2.45, 2.75) is 51.5 Å². The van der Waals surface area contributed by atoms with Crippen LogP contribution in [0.15, 0.2) is 53.1 Å². The summed E-state index contributed by atoms with van der Waals surface area (Å²) in [5.74, 6) is 2.33. The highest BCUT2D eigenvalue weighted by Gasteiger charge is 2.24. The van der Waals surface area contributed by atoms with Crippen LogP contribution in [0.5, 0.6) is 5.75 Å². The molecule has 1 amide bonds. The van der Waals surface area contributed by atoms with E-state index >= 15 is 0 Å². The van der Waals surface area contributed by atoms with Gasteiger partial charge in [-0.15, -0.1) is 0 Å². The molecule has 1 aliphatic heterocycles. The summed E-state index contributed by atoms with van der Waals surface area (Å²) in [6.07, 6.45) is 3.11. The first kappa shape index (κ1) is 24.0. The molecular weight excluding hydrogens is 428 g/mol. The van der Waals surface area contributed by atoms with Crippen LogP contribution in [0, 0.1) is 0 Å². The first-order valence-electron chi connectivity index (χ1n) is 12.1. The van der Waals surface area contributed by atoms with Gasteiger partial charge >= 0.3 is 0 Å². The van der Waals surface area contributed by atoms with Gasteiger partial charge in [0, 0.05) is 24.9 Å². The Morgan fingerprint density at radius 3 is 2.38 bits per heavy atom. The highest BCUT2D eigenvalue weighted by atomic mass is 16.5. The fraction of sp³-hybridized carbons (Fsp3) is 0.444. The molecule has 180 valence electrons. The predicted molar refractivity (Wildman–Crippen MR) is 132 cm³/mol. The lowest BCUT2D eigenvalue weighted by Gasteiger charge is -2.28. The molecule has 7 nitrogen and oxygen atoms in total. The second kappa shape index (κ2) is 11.3. The first-order chi connectivity index (χ1) is 16.5. The Kier molecular flexibility index (Phi) is 7.95. The van der Waals surface area contributed by atoms with E-state index < -0.39 is 0 Å². The standard InChI is InChI=1S/C27H34N4O3/c1-19(2)20-6-8-22(9-7-20)27-29-26(34-30-27)15-14-25(32)28-18-24(31-16-4-5-17-31)21-10-12-23(33-3)13-11-21/h6-13,19,24H,4-5,14-18H2,1-3H3,(H,28,32). The molecule has 1 saturated heterocycles. The van der Waals surface area contributed by atoms with E-state index in [0.29, 0.717) is 37.0 Å². The fourth-order valence-electron chi connectivity index (χ4n) is 4.35. The number of methoxy groups -OCH3 is 1. The van der Waals surface area contributed by atoms with Crippen LogP contribution in [0.2, 0.25) is 0 Å². The average molecular weight is 463 g/mol. The number of hydrogen-bond donors (Lipinski definition) is 1. The Labute approximate surface area is 201 Å². The van der Waals surface area contributed by atoms with Crippen LogP contribution in [-0.2, 0) is 11.2 Å². The van der Waals surface area contributed by atoms with Gasteiger partial charge < -0.3 is 14.6 Å². The number of nitrogens with zero attached hydrogens (tertiary/aromatic N) is 3. The molecule has 1 aromatic heterocycles. The minimum Gasteiger partial charge on any atom is -0.497 e. The van der Waals surface area contributed by atoms with Gasteiger partial charge in [0.2, 0.25) is 17.6 Å². The molecule has 1 aliphatic rings. The molecule has 2 aromatic carbocycles. The Morgan fingerprint density at radius 1 is 1.06 bits per heavy atom. The van der Waals surface area contributed by atoms with Crippen molar-refractivity contribution in [3.63, 3.8) is 0 Å². The quantitative estimate of drug-likeness (QED) is 0.468. The maximum atomic E-state index is 12.6. The number of rotatable bonds is 10. The van der Waals surface area contributed by atoms with Crippen molar-refractivity contribution in [1.82, 2.24) is 20.4 Å². The normalized spacial score (nSPS) is 14.9. The van der Waals surface area contributed by atoms with Crippen LogP contribution >= 0.6 is 0 Å². The second-order valence-electron chi connectivity index (χ2n) is 9.12. The highest BCUT2D eigenvalue weighted by molar-refractivity contribution is 5.76. The van der Waals surface area contributed by atoms with E-state index in [-0.39, 0.29) is 11.9 Å². The van der Waals surface area contributed by atoms with E-state index in [1.807, 2.05) is 24.3 Å². The lowest BCUT2D eigenvalue weighted by atomic mass is 10.0. The molecule has 1 atom stereocenters. The molecule has 7 heteroatoms.